The molecular weight excluding hydrogens is 584 g/mol. The van der Waals surface area contributed by atoms with E-state index in [0.717, 1.165) is 42.9 Å². The van der Waals surface area contributed by atoms with Crippen LogP contribution in [-0.2, 0) is 22.5 Å². The van der Waals surface area contributed by atoms with Gasteiger partial charge in [0, 0.05) is 42.8 Å². The molecule has 4 heterocycles. The van der Waals surface area contributed by atoms with Crippen molar-refractivity contribution >= 4 is 39.9 Å². The molecule has 9 nitrogen and oxygen atoms in total. The van der Waals surface area contributed by atoms with E-state index < -0.39 is 0 Å². The lowest BCUT2D eigenvalue weighted by Crippen LogP contribution is -2.55. The van der Waals surface area contributed by atoms with Crippen molar-refractivity contribution in [3.05, 3.63) is 65.9 Å². The molecule has 1 aromatic heterocycles. The minimum Gasteiger partial charge on any atom is -0.462 e. The molecule has 3 aromatic rings. The molecule has 234 valence electrons. The molecule has 2 aromatic carbocycles. The fraction of sp³-hybridized carbons (Fsp3) is 0.486. The first kappa shape index (κ1) is 29.9. The zero-order valence-corrected chi connectivity index (χ0v) is 26.9. The molecule has 0 spiro atoms. The summed E-state index contributed by atoms with van der Waals surface area (Å²) in [6.07, 6.45) is 6.28. The zero-order chi connectivity index (χ0) is 31.1. The van der Waals surface area contributed by atoms with Gasteiger partial charge in [-0.25, -0.2) is 0 Å². The Hall–Kier alpha value is -3.81. The molecule has 0 N–H and O–H groups in total. The number of carbonyl (C=O) groups excluding carboxylic acids is 1. The van der Waals surface area contributed by atoms with Crippen LogP contribution in [0.2, 0.25) is 0 Å². The number of hydrogen-bond donors (Lipinski definition) is 0. The van der Waals surface area contributed by atoms with Crippen molar-refractivity contribution in [2.45, 2.75) is 74.8 Å². The van der Waals surface area contributed by atoms with Crippen LogP contribution in [0.1, 0.15) is 49.4 Å². The van der Waals surface area contributed by atoms with Crippen LogP contribution in [0.15, 0.2) is 49.1 Å². The van der Waals surface area contributed by atoms with E-state index in [0.29, 0.717) is 44.9 Å². The number of rotatable bonds is 9. The average molecular weight is 625 g/mol. The fourth-order valence-corrected chi connectivity index (χ4v) is 7.88. The number of thioether (sulfide) groups is 1. The van der Waals surface area contributed by atoms with E-state index in [1.165, 1.54) is 34.5 Å². The molecule has 7 rings (SSSR count). The van der Waals surface area contributed by atoms with Crippen molar-refractivity contribution in [1.82, 2.24) is 14.9 Å². The van der Waals surface area contributed by atoms with Crippen LogP contribution < -0.4 is 14.5 Å². The molecule has 10 heteroatoms. The van der Waals surface area contributed by atoms with Crippen LogP contribution in [0.4, 0.5) is 11.5 Å². The molecule has 0 bridgehead atoms. The van der Waals surface area contributed by atoms with E-state index in [1.807, 2.05) is 11.8 Å². The van der Waals surface area contributed by atoms with Gasteiger partial charge in [-0.2, -0.15) is 15.2 Å². The second-order valence-corrected chi connectivity index (χ2v) is 14.3. The van der Waals surface area contributed by atoms with Crippen molar-refractivity contribution in [3.63, 3.8) is 0 Å². The summed E-state index contributed by atoms with van der Waals surface area (Å²) >= 11 is 1.81. The molecule has 3 aliphatic heterocycles. The summed E-state index contributed by atoms with van der Waals surface area (Å²) in [5, 5.41) is 12.3. The zero-order valence-electron chi connectivity index (χ0n) is 26.1. The highest BCUT2D eigenvalue weighted by atomic mass is 32.2. The molecular formula is C35H40N6O3S. The minimum atomic E-state index is -0.241. The number of amides is 1. The van der Waals surface area contributed by atoms with Crippen LogP contribution in [0.5, 0.6) is 6.01 Å². The number of ether oxygens (including phenoxy) is 2. The van der Waals surface area contributed by atoms with Gasteiger partial charge in [0.25, 0.3) is 0 Å². The van der Waals surface area contributed by atoms with E-state index >= 15 is 0 Å². The number of piperazine rings is 1. The maximum atomic E-state index is 12.6. The first-order valence-corrected chi connectivity index (χ1v) is 16.9. The number of benzene rings is 2. The van der Waals surface area contributed by atoms with Gasteiger partial charge in [0.05, 0.1) is 42.1 Å². The highest BCUT2D eigenvalue weighted by Crippen LogP contribution is 2.56. The van der Waals surface area contributed by atoms with Crippen molar-refractivity contribution in [3.8, 4) is 12.1 Å². The third kappa shape index (κ3) is 5.84. The summed E-state index contributed by atoms with van der Waals surface area (Å²) in [4.78, 5) is 28.8. The minimum absolute atomic E-state index is 0.140. The third-order valence-corrected chi connectivity index (χ3v) is 11.2. The monoisotopic (exact) mass is 624 g/mol. The number of aryl methyl sites for hydroxylation is 1. The topological polar surface area (TPSA) is 94.8 Å². The lowest BCUT2D eigenvalue weighted by Gasteiger charge is -2.42. The Kier molecular flexibility index (Phi) is 8.09. The number of aromatic nitrogens is 2. The predicted molar refractivity (Wildman–Crippen MR) is 178 cm³/mol. The maximum absolute atomic E-state index is 12.6. The van der Waals surface area contributed by atoms with Gasteiger partial charge in [-0.05, 0) is 62.6 Å². The lowest BCUT2D eigenvalue weighted by atomic mass is 9.96. The lowest BCUT2D eigenvalue weighted by molar-refractivity contribution is -0.128. The Balaban J connectivity index is 1.18. The van der Waals surface area contributed by atoms with E-state index in [2.05, 4.69) is 72.7 Å². The molecule has 1 amide bonds. The molecule has 4 aliphatic rings. The van der Waals surface area contributed by atoms with Crippen LogP contribution in [-0.4, -0.2) is 75.9 Å². The molecule has 2 saturated heterocycles. The van der Waals surface area contributed by atoms with Crippen molar-refractivity contribution in [1.29, 1.82) is 5.26 Å². The number of nitrogens with zero attached hydrogens (tertiary/aromatic N) is 6. The summed E-state index contributed by atoms with van der Waals surface area (Å²) in [7, 11) is 0. The number of anilines is 2. The first-order chi connectivity index (χ1) is 21.9. The van der Waals surface area contributed by atoms with E-state index in [9.17, 15) is 10.1 Å². The molecule has 0 radical (unpaired) electrons. The third-order valence-electron chi connectivity index (χ3n) is 9.74. The first-order valence-electron chi connectivity index (χ1n) is 16.0. The van der Waals surface area contributed by atoms with E-state index in [1.54, 1.807) is 4.90 Å². The fourth-order valence-electron chi connectivity index (χ4n) is 6.93. The summed E-state index contributed by atoms with van der Waals surface area (Å²) in [6, 6.07) is 15.4. The molecule has 1 unspecified atom stereocenters. The number of hydrogen-bond acceptors (Lipinski definition) is 9. The average Bonchev–Trinajstić information content (AvgIpc) is 3.69. The van der Waals surface area contributed by atoms with Crippen molar-refractivity contribution in [2.24, 2.45) is 0 Å². The highest BCUT2D eigenvalue weighted by molar-refractivity contribution is 8.08. The molecule has 1 saturated carbocycles. The highest BCUT2D eigenvalue weighted by Gasteiger charge is 2.55. The van der Waals surface area contributed by atoms with E-state index in [4.69, 9.17) is 19.4 Å². The number of nitriles is 1. The molecule has 3 fully saturated rings. The summed E-state index contributed by atoms with van der Waals surface area (Å²) < 4.78 is 12.7. The Labute approximate surface area is 269 Å². The van der Waals surface area contributed by atoms with E-state index in [-0.39, 0.29) is 28.6 Å². The van der Waals surface area contributed by atoms with Gasteiger partial charge in [-0.15, -0.1) is 11.8 Å². The largest absolute Gasteiger partial charge is 0.462 e. The summed E-state index contributed by atoms with van der Waals surface area (Å²) in [6.45, 7) is 11.6. The Morgan fingerprint density at radius 2 is 2.00 bits per heavy atom. The standard InChI is InChI=1S/C35H40N6O3S/c1-4-31(42)41-19-18-40(20-25(41)14-16-36)33-27-15-17-39(29-13-6-10-24-9-5-8-23(2)32(24)29)21-28(27)37-34(38-33)43-22-30-35(3,45-30)44-26-11-7-12-26/h4-6,8-10,13,25-26,30H,1,7,11-12,14-15,17-22H2,2-3H3/t25-,30?,35-/m0/s1. The van der Waals surface area contributed by atoms with Crippen molar-refractivity contribution < 1.29 is 14.3 Å². The molecule has 1 aliphatic carbocycles. The van der Waals surface area contributed by atoms with Gasteiger partial charge in [-0.3, -0.25) is 4.79 Å². The van der Waals surface area contributed by atoms with Crippen LogP contribution >= 0.6 is 11.8 Å². The van der Waals surface area contributed by atoms with Gasteiger partial charge in [0.15, 0.2) is 0 Å². The molecule has 3 atom stereocenters. The smallest absolute Gasteiger partial charge is 0.318 e. The maximum Gasteiger partial charge on any atom is 0.318 e. The quantitative estimate of drug-likeness (QED) is 0.229. The SMILES string of the molecule is C=CC(=O)N1CCN(c2nc(OCC3S[C@]3(C)OC3CCC3)nc3c2CCN(c2cccc4cccc(C)c24)C3)C[C@@H]1CC#N. The Morgan fingerprint density at radius 3 is 2.76 bits per heavy atom. The van der Waals surface area contributed by atoms with Gasteiger partial charge >= 0.3 is 6.01 Å². The van der Waals surface area contributed by atoms with Gasteiger partial charge in [-0.1, -0.05) is 36.9 Å². The van der Waals surface area contributed by atoms with Crippen LogP contribution in [0.25, 0.3) is 10.8 Å². The number of fused-ring (bicyclic) bond motifs is 2. The molecule has 45 heavy (non-hydrogen) atoms. The Bertz CT molecular complexity index is 1670. The van der Waals surface area contributed by atoms with Crippen molar-refractivity contribution in [2.75, 3.05) is 42.6 Å². The van der Waals surface area contributed by atoms with Gasteiger partial charge in [0.2, 0.25) is 5.91 Å². The van der Waals surface area contributed by atoms with Crippen LogP contribution in [0.3, 0.4) is 0 Å². The predicted octanol–water partition coefficient (Wildman–Crippen LogP) is 5.40. The summed E-state index contributed by atoms with van der Waals surface area (Å²) in [5.41, 5.74) is 4.55. The van der Waals surface area contributed by atoms with Crippen LogP contribution in [0, 0.1) is 18.3 Å². The number of carbonyl (C=O) groups is 1. The summed E-state index contributed by atoms with van der Waals surface area (Å²) in [5.74, 6) is 0.716. The van der Waals surface area contributed by atoms with Gasteiger partial charge in [0.1, 0.15) is 17.4 Å². The second kappa shape index (κ2) is 12.2. The second-order valence-electron chi connectivity index (χ2n) is 12.7. The Morgan fingerprint density at radius 1 is 1.18 bits per heavy atom. The normalized spacial score (nSPS) is 24.5. The van der Waals surface area contributed by atoms with Gasteiger partial charge < -0.3 is 24.2 Å².